The number of amides is 1. The number of thiazole rings is 1. The summed E-state index contributed by atoms with van der Waals surface area (Å²) in [6, 6.07) is 19.5. The third-order valence-electron chi connectivity index (χ3n) is 6.02. The van der Waals surface area contributed by atoms with Crippen LogP contribution in [0.3, 0.4) is 0 Å². The van der Waals surface area contributed by atoms with E-state index < -0.39 is 17.7 Å². The van der Waals surface area contributed by atoms with Crippen LogP contribution in [0.2, 0.25) is 0 Å². The molecule has 1 aromatic heterocycles. The molecule has 1 amide bonds. The molecule has 5 rings (SSSR count). The van der Waals surface area contributed by atoms with Gasteiger partial charge in [0.05, 0.1) is 28.4 Å². The van der Waals surface area contributed by atoms with Crippen LogP contribution >= 0.6 is 11.3 Å². The minimum atomic E-state index is -0.825. The zero-order valence-corrected chi connectivity index (χ0v) is 20.4. The Morgan fingerprint density at radius 2 is 1.69 bits per heavy atom. The molecule has 1 fully saturated rings. The molecule has 0 spiro atoms. The molecule has 176 valence electrons. The monoisotopic (exact) mass is 484 g/mol. The van der Waals surface area contributed by atoms with Crippen molar-refractivity contribution in [2.75, 3.05) is 11.5 Å². The largest absolute Gasteiger partial charge is 0.507 e. The van der Waals surface area contributed by atoms with Crippen molar-refractivity contribution in [3.8, 4) is 5.75 Å². The first-order valence-corrected chi connectivity index (χ1v) is 12.2. The molecule has 35 heavy (non-hydrogen) atoms. The number of rotatable bonds is 5. The Labute approximate surface area is 207 Å². The van der Waals surface area contributed by atoms with Crippen LogP contribution in [0.15, 0.2) is 72.3 Å². The van der Waals surface area contributed by atoms with E-state index in [4.69, 9.17) is 4.74 Å². The zero-order chi connectivity index (χ0) is 24.7. The van der Waals surface area contributed by atoms with E-state index in [-0.39, 0.29) is 11.3 Å². The van der Waals surface area contributed by atoms with Crippen LogP contribution < -0.4 is 9.64 Å². The molecular weight excluding hydrogens is 460 g/mol. The SMILES string of the molecule is CCOc1ccc(C2C(=C(O)c3ccc(C)cc3)C(=O)C(=O)N2c2nc3ccc(C)cc3s2)cc1. The molecule has 7 heteroatoms. The Morgan fingerprint density at radius 1 is 1.00 bits per heavy atom. The Kier molecular flexibility index (Phi) is 5.86. The molecule has 3 aromatic carbocycles. The molecule has 1 unspecified atom stereocenters. The normalized spacial score (nSPS) is 17.3. The van der Waals surface area contributed by atoms with Gasteiger partial charge in [-0.1, -0.05) is 59.4 Å². The van der Waals surface area contributed by atoms with E-state index in [1.807, 2.05) is 63.2 Å². The summed E-state index contributed by atoms with van der Waals surface area (Å²) >= 11 is 1.35. The van der Waals surface area contributed by atoms with Crippen LogP contribution in [0.4, 0.5) is 5.13 Å². The summed E-state index contributed by atoms with van der Waals surface area (Å²) in [5, 5.41) is 11.7. The number of ether oxygens (including phenoxy) is 1. The fourth-order valence-corrected chi connectivity index (χ4v) is 5.34. The van der Waals surface area contributed by atoms with Crippen molar-refractivity contribution >= 4 is 44.1 Å². The van der Waals surface area contributed by atoms with Crippen LogP contribution in [0, 0.1) is 13.8 Å². The van der Waals surface area contributed by atoms with Crippen molar-refractivity contribution in [1.29, 1.82) is 0 Å². The summed E-state index contributed by atoms with van der Waals surface area (Å²) in [5.74, 6) is -0.977. The first-order valence-electron chi connectivity index (χ1n) is 11.4. The molecule has 1 aliphatic rings. The molecule has 0 aliphatic carbocycles. The summed E-state index contributed by atoms with van der Waals surface area (Å²) in [6.07, 6.45) is 0. The number of benzene rings is 3. The van der Waals surface area contributed by atoms with Crippen LogP contribution in [0.25, 0.3) is 16.0 Å². The first kappa shape index (κ1) is 22.8. The summed E-state index contributed by atoms with van der Waals surface area (Å²) in [7, 11) is 0. The predicted molar refractivity (Wildman–Crippen MR) is 138 cm³/mol. The number of fused-ring (bicyclic) bond motifs is 1. The number of anilines is 1. The number of aromatic nitrogens is 1. The van der Waals surface area contributed by atoms with E-state index in [9.17, 15) is 14.7 Å². The Hall–Kier alpha value is -3.97. The number of carbonyl (C=O) groups excluding carboxylic acids is 2. The van der Waals surface area contributed by atoms with Gasteiger partial charge in [-0.3, -0.25) is 14.5 Å². The van der Waals surface area contributed by atoms with E-state index in [0.717, 1.165) is 21.3 Å². The minimum Gasteiger partial charge on any atom is -0.507 e. The second-order valence-corrected chi connectivity index (χ2v) is 9.51. The maximum absolute atomic E-state index is 13.4. The molecule has 1 atom stereocenters. The molecule has 6 nitrogen and oxygen atoms in total. The van der Waals surface area contributed by atoms with Crippen molar-refractivity contribution in [2.45, 2.75) is 26.8 Å². The fraction of sp³-hybridized carbons (Fsp3) is 0.179. The smallest absolute Gasteiger partial charge is 0.301 e. The number of aliphatic hydroxyl groups is 1. The third kappa shape index (κ3) is 4.08. The number of hydrogen-bond donors (Lipinski definition) is 1. The van der Waals surface area contributed by atoms with Gasteiger partial charge in [0.1, 0.15) is 11.5 Å². The van der Waals surface area contributed by atoms with Crippen molar-refractivity contribution in [2.24, 2.45) is 0 Å². The highest BCUT2D eigenvalue weighted by Gasteiger charge is 2.48. The lowest BCUT2D eigenvalue weighted by Crippen LogP contribution is -2.29. The topological polar surface area (TPSA) is 79.7 Å². The highest BCUT2D eigenvalue weighted by atomic mass is 32.1. The predicted octanol–water partition coefficient (Wildman–Crippen LogP) is 5.94. The minimum absolute atomic E-state index is 0.0402. The average Bonchev–Trinajstić information content (AvgIpc) is 3.37. The number of hydrogen-bond acceptors (Lipinski definition) is 6. The van der Waals surface area contributed by atoms with Crippen LogP contribution in [-0.2, 0) is 9.59 Å². The van der Waals surface area contributed by atoms with Gasteiger partial charge in [0.25, 0.3) is 5.78 Å². The van der Waals surface area contributed by atoms with E-state index in [0.29, 0.717) is 28.6 Å². The Bertz CT molecular complexity index is 1470. The van der Waals surface area contributed by atoms with Gasteiger partial charge in [0.15, 0.2) is 5.13 Å². The van der Waals surface area contributed by atoms with E-state index in [1.54, 1.807) is 24.3 Å². The van der Waals surface area contributed by atoms with Gasteiger partial charge in [-0.2, -0.15) is 0 Å². The van der Waals surface area contributed by atoms with Gasteiger partial charge in [-0.05, 0) is 56.2 Å². The molecule has 1 aliphatic heterocycles. The van der Waals surface area contributed by atoms with Gasteiger partial charge in [-0.25, -0.2) is 4.98 Å². The quantitative estimate of drug-likeness (QED) is 0.215. The highest BCUT2D eigenvalue weighted by Crippen LogP contribution is 2.44. The maximum Gasteiger partial charge on any atom is 0.301 e. The number of nitrogens with zero attached hydrogens (tertiary/aromatic N) is 2. The number of ketones is 1. The maximum atomic E-state index is 13.4. The lowest BCUT2D eigenvalue weighted by atomic mass is 9.95. The number of aliphatic hydroxyl groups excluding tert-OH is 1. The highest BCUT2D eigenvalue weighted by molar-refractivity contribution is 7.22. The molecule has 0 bridgehead atoms. The average molecular weight is 485 g/mol. The summed E-state index contributed by atoms with van der Waals surface area (Å²) < 4.78 is 6.49. The second-order valence-electron chi connectivity index (χ2n) is 8.50. The summed E-state index contributed by atoms with van der Waals surface area (Å²) in [5.41, 5.74) is 4.05. The Morgan fingerprint density at radius 3 is 2.37 bits per heavy atom. The van der Waals surface area contributed by atoms with E-state index >= 15 is 0 Å². The van der Waals surface area contributed by atoms with Gasteiger partial charge in [0, 0.05) is 5.56 Å². The van der Waals surface area contributed by atoms with E-state index in [1.165, 1.54) is 16.2 Å². The van der Waals surface area contributed by atoms with Gasteiger partial charge in [0.2, 0.25) is 0 Å². The van der Waals surface area contributed by atoms with Crippen LogP contribution in [-0.4, -0.2) is 28.4 Å². The Balaban J connectivity index is 1.70. The lowest BCUT2D eigenvalue weighted by Gasteiger charge is -2.23. The van der Waals surface area contributed by atoms with Crippen LogP contribution in [0.5, 0.6) is 5.75 Å². The van der Waals surface area contributed by atoms with Crippen molar-refractivity contribution in [3.63, 3.8) is 0 Å². The fourth-order valence-electron chi connectivity index (χ4n) is 4.25. The van der Waals surface area contributed by atoms with Crippen molar-refractivity contribution < 1.29 is 19.4 Å². The first-order chi connectivity index (χ1) is 16.9. The third-order valence-corrected chi connectivity index (χ3v) is 7.03. The van der Waals surface area contributed by atoms with Gasteiger partial charge >= 0.3 is 5.91 Å². The molecule has 1 saturated heterocycles. The molecule has 1 N–H and O–H groups in total. The number of carbonyl (C=O) groups is 2. The van der Waals surface area contributed by atoms with Crippen molar-refractivity contribution in [1.82, 2.24) is 4.98 Å². The van der Waals surface area contributed by atoms with Gasteiger partial charge in [-0.15, -0.1) is 0 Å². The lowest BCUT2D eigenvalue weighted by molar-refractivity contribution is -0.132. The second kappa shape index (κ2) is 9.00. The van der Waals surface area contributed by atoms with E-state index in [2.05, 4.69) is 4.98 Å². The summed E-state index contributed by atoms with van der Waals surface area (Å²) in [6.45, 7) is 6.36. The van der Waals surface area contributed by atoms with Crippen LogP contribution in [0.1, 0.15) is 35.2 Å². The van der Waals surface area contributed by atoms with Gasteiger partial charge < -0.3 is 9.84 Å². The molecule has 0 saturated carbocycles. The molecule has 4 aromatic rings. The zero-order valence-electron chi connectivity index (χ0n) is 19.6. The molecule has 2 heterocycles. The number of aryl methyl sites for hydroxylation is 2. The summed E-state index contributed by atoms with van der Waals surface area (Å²) in [4.78, 5) is 32.8. The molecule has 0 radical (unpaired) electrons. The van der Waals surface area contributed by atoms with Crippen molar-refractivity contribution in [3.05, 3.63) is 94.6 Å². The standard InChI is InChI=1S/C28H24N2O4S/c1-4-34-20-12-10-18(11-13-20)24-23(25(31)19-8-5-16(2)6-9-19)26(32)27(33)30(24)28-29-21-14-7-17(3)15-22(21)35-28/h5-15,24,31H,4H2,1-3H3. The molecular formula is C28H24N2O4S. The number of Topliss-reactive ketones (excluding diaryl/α,β-unsaturated/α-hetero) is 1.